The van der Waals surface area contributed by atoms with E-state index in [1.807, 2.05) is 17.9 Å². The summed E-state index contributed by atoms with van der Waals surface area (Å²) >= 11 is 5.98. The van der Waals surface area contributed by atoms with Crippen LogP contribution in [-0.4, -0.2) is 29.9 Å². The number of nitrogens with two attached hydrogens (primary N) is 1. The molecule has 3 nitrogen and oxygen atoms in total. The molecule has 0 saturated carbocycles. The first-order valence-corrected chi connectivity index (χ1v) is 6.78. The van der Waals surface area contributed by atoms with Gasteiger partial charge < -0.3 is 10.6 Å². The second-order valence-corrected chi connectivity index (χ2v) is 5.26. The molecule has 0 aromatic heterocycles. The van der Waals surface area contributed by atoms with Crippen molar-refractivity contribution in [2.45, 2.75) is 32.2 Å². The van der Waals surface area contributed by atoms with Gasteiger partial charge in [-0.15, -0.1) is 0 Å². The van der Waals surface area contributed by atoms with Gasteiger partial charge in [-0.3, -0.25) is 4.79 Å². The van der Waals surface area contributed by atoms with Crippen LogP contribution in [0.1, 0.15) is 35.2 Å². The van der Waals surface area contributed by atoms with E-state index >= 15 is 0 Å². The Hall–Kier alpha value is -1.06. The van der Waals surface area contributed by atoms with Crippen LogP contribution < -0.4 is 5.73 Å². The maximum atomic E-state index is 12.5. The molecule has 0 spiro atoms. The topological polar surface area (TPSA) is 46.3 Å². The first-order valence-electron chi connectivity index (χ1n) is 6.40. The Balaban J connectivity index is 2.21. The molecule has 1 saturated heterocycles. The van der Waals surface area contributed by atoms with Crippen LogP contribution in [0.4, 0.5) is 0 Å². The fourth-order valence-corrected chi connectivity index (χ4v) is 2.57. The fraction of sp³-hybridized carbons (Fsp3) is 0.500. The molecule has 1 fully saturated rings. The van der Waals surface area contributed by atoms with E-state index in [9.17, 15) is 4.79 Å². The second-order valence-electron chi connectivity index (χ2n) is 4.85. The highest BCUT2D eigenvalue weighted by molar-refractivity contribution is 6.31. The molecule has 1 aromatic rings. The van der Waals surface area contributed by atoms with Crippen LogP contribution >= 0.6 is 11.6 Å². The van der Waals surface area contributed by atoms with Crippen molar-refractivity contribution in [3.05, 3.63) is 34.3 Å². The van der Waals surface area contributed by atoms with Gasteiger partial charge in [-0.1, -0.05) is 11.6 Å². The number of hydrogen-bond donors (Lipinski definition) is 1. The maximum absolute atomic E-state index is 12.5. The van der Waals surface area contributed by atoms with Crippen LogP contribution in [0.5, 0.6) is 0 Å². The van der Waals surface area contributed by atoms with Gasteiger partial charge in [-0.25, -0.2) is 0 Å². The SMILES string of the molecule is Cc1cc(C(=O)N2CCCC[C@@H]2CN)ccc1Cl. The summed E-state index contributed by atoms with van der Waals surface area (Å²) in [7, 11) is 0. The zero-order valence-electron chi connectivity index (χ0n) is 10.7. The number of piperidine rings is 1. The van der Waals surface area contributed by atoms with Gasteiger partial charge in [-0.05, 0) is 49.9 Å². The summed E-state index contributed by atoms with van der Waals surface area (Å²) in [6.45, 7) is 3.26. The van der Waals surface area contributed by atoms with Gasteiger partial charge in [0.1, 0.15) is 0 Å². The van der Waals surface area contributed by atoms with Crippen molar-refractivity contribution in [2.75, 3.05) is 13.1 Å². The van der Waals surface area contributed by atoms with Crippen LogP contribution in [0.3, 0.4) is 0 Å². The van der Waals surface area contributed by atoms with Crippen LogP contribution in [0.2, 0.25) is 5.02 Å². The predicted octanol–water partition coefficient (Wildman–Crippen LogP) is 2.60. The number of carbonyl (C=O) groups is 1. The molecule has 1 aliphatic rings. The first kappa shape index (κ1) is 13.4. The Bertz CT molecular complexity index is 447. The Labute approximate surface area is 113 Å². The van der Waals surface area contributed by atoms with E-state index in [-0.39, 0.29) is 11.9 Å². The molecule has 4 heteroatoms. The highest BCUT2D eigenvalue weighted by atomic mass is 35.5. The molecule has 2 rings (SSSR count). The van der Waals surface area contributed by atoms with Crippen LogP contribution in [0.15, 0.2) is 18.2 Å². The minimum Gasteiger partial charge on any atom is -0.334 e. The number of nitrogens with zero attached hydrogens (tertiary/aromatic N) is 1. The average Bonchev–Trinajstić information content (AvgIpc) is 2.41. The van der Waals surface area contributed by atoms with Gasteiger partial charge in [0.2, 0.25) is 0 Å². The van der Waals surface area contributed by atoms with Gasteiger partial charge in [0.25, 0.3) is 5.91 Å². The largest absolute Gasteiger partial charge is 0.334 e. The molecular weight excluding hydrogens is 248 g/mol. The molecule has 1 amide bonds. The van der Waals surface area contributed by atoms with Gasteiger partial charge in [0.15, 0.2) is 0 Å². The summed E-state index contributed by atoms with van der Waals surface area (Å²) in [5, 5.41) is 0.695. The number of aryl methyl sites for hydroxylation is 1. The molecule has 1 aromatic carbocycles. The lowest BCUT2D eigenvalue weighted by molar-refractivity contribution is 0.0623. The summed E-state index contributed by atoms with van der Waals surface area (Å²) < 4.78 is 0. The molecule has 2 N–H and O–H groups in total. The van der Waals surface area contributed by atoms with Crippen molar-refractivity contribution in [1.82, 2.24) is 4.90 Å². The molecule has 1 aliphatic heterocycles. The van der Waals surface area contributed by atoms with Crippen molar-refractivity contribution in [3.8, 4) is 0 Å². The van der Waals surface area contributed by atoms with Crippen molar-refractivity contribution < 1.29 is 4.79 Å². The lowest BCUT2D eigenvalue weighted by Crippen LogP contribution is -2.47. The summed E-state index contributed by atoms with van der Waals surface area (Å²) in [5.74, 6) is 0.0740. The summed E-state index contributed by atoms with van der Waals surface area (Å²) in [6, 6.07) is 5.61. The van der Waals surface area contributed by atoms with E-state index in [0.29, 0.717) is 17.1 Å². The van der Waals surface area contributed by atoms with Gasteiger partial charge in [0, 0.05) is 29.7 Å². The van der Waals surface area contributed by atoms with Crippen LogP contribution in [0, 0.1) is 6.92 Å². The molecule has 1 heterocycles. The smallest absolute Gasteiger partial charge is 0.254 e. The van der Waals surface area contributed by atoms with Crippen molar-refractivity contribution in [2.24, 2.45) is 5.73 Å². The zero-order chi connectivity index (χ0) is 13.1. The van der Waals surface area contributed by atoms with Gasteiger partial charge >= 0.3 is 0 Å². The quantitative estimate of drug-likeness (QED) is 0.894. The van der Waals surface area contributed by atoms with Crippen LogP contribution in [-0.2, 0) is 0 Å². The third-order valence-corrected chi connectivity index (χ3v) is 3.99. The first-order chi connectivity index (χ1) is 8.63. The number of hydrogen-bond acceptors (Lipinski definition) is 2. The Morgan fingerprint density at radius 1 is 1.50 bits per heavy atom. The van der Waals surface area contributed by atoms with Crippen LogP contribution in [0.25, 0.3) is 0 Å². The molecule has 1 atom stereocenters. The molecular formula is C14H19ClN2O. The van der Waals surface area contributed by atoms with E-state index in [0.717, 1.165) is 31.4 Å². The minimum atomic E-state index is 0.0740. The van der Waals surface area contributed by atoms with Gasteiger partial charge in [0.05, 0.1) is 0 Å². The molecule has 0 bridgehead atoms. The third-order valence-electron chi connectivity index (χ3n) is 3.56. The highest BCUT2D eigenvalue weighted by Gasteiger charge is 2.26. The van der Waals surface area contributed by atoms with E-state index < -0.39 is 0 Å². The average molecular weight is 267 g/mol. The van der Waals surface area contributed by atoms with E-state index in [4.69, 9.17) is 17.3 Å². The molecule has 0 unspecified atom stereocenters. The van der Waals surface area contributed by atoms with E-state index in [2.05, 4.69) is 0 Å². The van der Waals surface area contributed by atoms with Crippen molar-refractivity contribution >= 4 is 17.5 Å². The fourth-order valence-electron chi connectivity index (χ4n) is 2.46. The van der Waals surface area contributed by atoms with Crippen molar-refractivity contribution in [1.29, 1.82) is 0 Å². The second kappa shape index (κ2) is 5.72. The molecule has 18 heavy (non-hydrogen) atoms. The number of carbonyl (C=O) groups excluding carboxylic acids is 1. The van der Waals surface area contributed by atoms with E-state index in [1.54, 1.807) is 12.1 Å². The third kappa shape index (κ3) is 2.68. The lowest BCUT2D eigenvalue weighted by atomic mass is 10.0. The van der Waals surface area contributed by atoms with E-state index in [1.165, 1.54) is 0 Å². The number of rotatable bonds is 2. The summed E-state index contributed by atoms with van der Waals surface area (Å²) in [5.41, 5.74) is 7.39. The number of likely N-dealkylation sites (tertiary alicyclic amines) is 1. The number of benzene rings is 1. The molecule has 98 valence electrons. The Morgan fingerprint density at radius 3 is 2.94 bits per heavy atom. The normalized spacial score (nSPS) is 19.9. The maximum Gasteiger partial charge on any atom is 0.254 e. The Morgan fingerprint density at radius 2 is 2.28 bits per heavy atom. The highest BCUT2D eigenvalue weighted by Crippen LogP contribution is 2.21. The zero-order valence-corrected chi connectivity index (χ0v) is 11.4. The Kier molecular flexibility index (Phi) is 4.25. The summed E-state index contributed by atoms with van der Waals surface area (Å²) in [6.07, 6.45) is 3.23. The molecule has 0 aliphatic carbocycles. The number of halogens is 1. The predicted molar refractivity (Wildman–Crippen MR) is 73.9 cm³/mol. The number of amides is 1. The standard InChI is InChI=1S/C14H19ClN2O/c1-10-8-11(5-6-13(10)15)14(18)17-7-3-2-4-12(17)9-16/h5-6,8,12H,2-4,7,9,16H2,1H3/t12-/m1/s1. The summed E-state index contributed by atoms with van der Waals surface area (Å²) in [4.78, 5) is 14.4. The van der Waals surface area contributed by atoms with Gasteiger partial charge in [-0.2, -0.15) is 0 Å². The molecule has 0 radical (unpaired) electrons. The van der Waals surface area contributed by atoms with Crippen molar-refractivity contribution in [3.63, 3.8) is 0 Å². The lowest BCUT2D eigenvalue weighted by Gasteiger charge is -2.35. The minimum absolute atomic E-state index is 0.0740. The monoisotopic (exact) mass is 266 g/mol.